The van der Waals surface area contributed by atoms with E-state index in [0.29, 0.717) is 19.6 Å². The number of hydrazine groups is 1. The number of nitrogens with zero attached hydrogens (tertiary/aromatic N) is 2. The lowest BCUT2D eigenvalue weighted by Gasteiger charge is -2.34. The molecule has 1 atom stereocenters. The molecule has 1 aliphatic rings. The Kier molecular flexibility index (Phi) is 6.67. The summed E-state index contributed by atoms with van der Waals surface area (Å²) in [6.07, 6.45) is 1.66. The van der Waals surface area contributed by atoms with Crippen molar-refractivity contribution in [2.24, 2.45) is 5.92 Å². The largest absolute Gasteiger partial charge is 0.336 e. The fourth-order valence-corrected chi connectivity index (χ4v) is 2.99. The number of hydrogen-bond donors (Lipinski definition) is 2. The van der Waals surface area contributed by atoms with Gasteiger partial charge in [-0.2, -0.15) is 0 Å². The van der Waals surface area contributed by atoms with Crippen LogP contribution < -0.4 is 15.8 Å². The Hall–Kier alpha value is -2.24. The van der Waals surface area contributed by atoms with Crippen LogP contribution in [0.25, 0.3) is 0 Å². The topological polar surface area (TPSA) is 64.7 Å². The molecule has 0 aromatic heterocycles. The van der Waals surface area contributed by atoms with Crippen LogP contribution in [0.15, 0.2) is 24.3 Å². The zero-order chi connectivity index (χ0) is 18.4. The molecule has 25 heavy (non-hydrogen) atoms. The number of aryl methyl sites for hydroxylation is 1. The second-order valence-corrected chi connectivity index (χ2v) is 6.95. The van der Waals surface area contributed by atoms with E-state index in [1.165, 1.54) is 5.56 Å². The number of anilines is 1. The van der Waals surface area contributed by atoms with Crippen molar-refractivity contribution in [3.8, 4) is 0 Å². The van der Waals surface area contributed by atoms with E-state index in [-0.39, 0.29) is 23.9 Å². The Morgan fingerprint density at radius 2 is 1.96 bits per heavy atom. The monoisotopic (exact) mass is 346 g/mol. The van der Waals surface area contributed by atoms with Gasteiger partial charge in [-0.3, -0.25) is 15.2 Å². The summed E-state index contributed by atoms with van der Waals surface area (Å²) in [5.74, 6) is -0.198. The lowest BCUT2D eigenvalue weighted by atomic mass is 9.97. The molecule has 2 rings (SSSR count). The van der Waals surface area contributed by atoms with Crippen molar-refractivity contribution >= 4 is 17.6 Å². The number of likely N-dealkylation sites (tertiary alicyclic amines) is 1. The minimum atomic E-state index is -0.175. The molecule has 0 aliphatic carbocycles. The van der Waals surface area contributed by atoms with Gasteiger partial charge in [-0.1, -0.05) is 17.7 Å². The van der Waals surface area contributed by atoms with Crippen molar-refractivity contribution in [3.63, 3.8) is 0 Å². The van der Waals surface area contributed by atoms with Gasteiger partial charge in [0.05, 0.1) is 11.6 Å². The lowest BCUT2D eigenvalue weighted by molar-refractivity contribution is -0.126. The highest BCUT2D eigenvalue weighted by atomic mass is 16.2. The first-order chi connectivity index (χ1) is 11.9. The van der Waals surface area contributed by atoms with Crippen molar-refractivity contribution in [2.45, 2.75) is 46.6 Å². The van der Waals surface area contributed by atoms with Gasteiger partial charge in [0.25, 0.3) is 0 Å². The van der Waals surface area contributed by atoms with Crippen LogP contribution in [-0.2, 0) is 4.79 Å². The Balaban J connectivity index is 1.96. The van der Waals surface area contributed by atoms with Crippen LogP contribution in [-0.4, -0.2) is 42.5 Å². The highest BCUT2D eigenvalue weighted by molar-refractivity contribution is 5.82. The Morgan fingerprint density at radius 1 is 1.28 bits per heavy atom. The van der Waals surface area contributed by atoms with Gasteiger partial charge >= 0.3 is 6.03 Å². The van der Waals surface area contributed by atoms with Gasteiger partial charge in [0.15, 0.2) is 0 Å². The quantitative estimate of drug-likeness (QED) is 0.806. The van der Waals surface area contributed by atoms with Gasteiger partial charge in [0, 0.05) is 25.7 Å². The molecule has 0 spiro atoms. The molecular weight excluding hydrogens is 316 g/mol. The minimum absolute atomic E-state index is 0.0236. The predicted octanol–water partition coefficient (Wildman–Crippen LogP) is 2.68. The minimum Gasteiger partial charge on any atom is -0.336 e. The first-order valence-electron chi connectivity index (χ1n) is 9.10. The fraction of sp³-hybridized carbons (Fsp3) is 0.579. The highest BCUT2D eigenvalue weighted by Crippen LogP contribution is 2.18. The van der Waals surface area contributed by atoms with Crippen LogP contribution in [0.1, 0.15) is 39.2 Å². The first-order valence-corrected chi connectivity index (χ1v) is 9.10. The number of piperidine rings is 1. The molecular formula is C19H30N4O2. The molecule has 2 N–H and O–H groups in total. The molecule has 1 aromatic rings. The summed E-state index contributed by atoms with van der Waals surface area (Å²) < 4.78 is 0. The third-order valence-corrected chi connectivity index (χ3v) is 4.40. The predicted molar refractivity (Wildman–Crippen MR) is 100 cm³/mol. The zero-order valence-electron chi connectivity index (χ0n) is 15.7. The highest BCUT2D eigenvalue weighted by Gasteiger charge is 2.29. The number of amides is 3. The Morgan fingerprint density at radius 3 is 2.56 bits per heavy atom. The molecule has 1 aromatic carbocycles. The standard InChI is InChI=1S/C19H30N4O2/c1-5-23(17-10-8-15(4)9-11-17)21-18(24)16-7-6-12-22(13-16)19(25)20-14(2)3/h8-11,14,16H,5-7,12-13H2,1-4H3,(H,20,25)(H,21,24)/t16-/m1/s1. The molecule has 3 amide bonds. The molecule has 0 radical (unpaired) electrons. The van der Waals surface area contributed by atoms with E-state index >= 15 is 0 Å². The van der Waals surface area contributed by atoms with Crippen molar-refractivity contribution in [3.05, 3.63) is 29.8 Å². The summed E-state index contributed by atoms with van der Waals surface area (Å²) in [4.78, 5) is 26.6. The Bertz CT molecular complexity index is 586. The van der Waals surface area contributed by atoms with Gasteiger partial charge in [-0.15, -0.1) is 0 Å². The van der Waals surface area contributed by atoms with Crippen molar-refractivity contribution in [2.75, 3.05) is 24.6 Å². The van der Waals surface area contributed by atoms with E-state index in [1.807, 2.05) is 57.0 Å². The summed E-state index contributed by atoms with van der Waals surface area (Å²) in [7, 11) is 0. The first kappa shape index (κ1) is 19.1. The maximum atomic E-state index is 12.7. The molecule has 0 bridgehead atoms. The number of rotatable bonds is 5. The Labute approximate surface area is 150 Å². The molecule has 1 fully saturated rings. The van der Waals surface area contributed by atoms with Gasteiger partial charge in [-0.05, 0) is 52.7 Å². The molecule has 138 valence electrons. The summed E-state index contributed by atoms with van der Waals surface area (Å²) in [6, 6.07) is 8.08. The van der Waals surface area contributed by atoms with Crippen LogP contribution in [0.4, 0.5) is 10.5 Å². The molecule has 1 heterocycles. The number of urea groups is 1. The van der Waals surface area contributed by atoms with E-state index in [9.17, 15) is 9.59 Å². The molecule has 1 saturated heterocycles. The van der Waals surface area contributed by atoms with E-state index in [1.54, 1.807) is 4.90 Å². The number of hydrogen-bond acceptors (Lipinski definition) is 3. The van der Waals surface area contributed by atoms with Crippen LogP contribution in [0.3, 0.4) is 0 Å². The van der Waals surface area contributed by atoms with E-state index in [0.717, 1.165) is 18.5 Å². The number of nitrogens with one attached hydrogen (secondary N) is 2. The second kappa shape index (κ2) is 8.74. The fourth-order valence-electron chi connectivity index (χ4n) is 2.99. The van der Waals surface area contributed by atoms with Crippen LogP contribution >= 0.6 is 0 Å². The molecule has 0 saturated carbocycles. The summed E-state index contributed by atoms with van der Waals surface area (Å²) >= 11 is 0. The van der Waals surface area contributed by atoms with E-state index < -0.39 is 0 Å². The average molecular weight is 346 g/mol. The number of carbonyl (C=O) groups is 2. The molecule has 6 nitrogen and oxygen atoms in total. The van der Waals surface area contributed by atoms with Gasteiger partial charge in [-0.25, -0.2) is 4.79 Å². The van der Waals surface area contributed by atoms with Crippen LogP contribution in [0.5, 0.6) is 0 Å². The third-order valence-electron chi connectivity index (χ3n) is 4.40. The van der Waals surface area contributed by atoms with Crippen molar-refractivity contribution in [1.82, 2.24) is 15.6 Å². The maximum Gasteiger partial charge on any atom is 0.317 e. The van der Waals surface area contributed by atoms with E-state index in [4.69, 9.17) is 0 Å². The summed E-state index contributed by atoms with van der Waals surface area (Å²) in [6.45, 7) is 9.77. The molecule has 0 unspecified atom stereocenters. The smallest absolute Gasteiger partial charge is 0.317 e. The maximum absolute atomic E-state index is 12.7. The second-order valence-electron chi connectivity index (χ2n) is 6.95. The normalized spacial score (nSPS) is 17.3. The van der Waals surface area contributed by atoms with Crippen LogP contribution in [0, 0.1) is 12.8 Å². The number of benzene rings is 1. The number of carbonyl (C=O) groups excluding carboxylic acids is 2. The van der Waals surface area contributed by atoms with Crippen molar-refractivity contribution < 1.29 is 9.59 Å². The van der Waals surface area contributed by atoms with Gasteiger partial charge in [0.1, 0.15) is 0 Å². The summed E-state index contributed by atoms with van der Waals surface area (Å²) in [5, 5.41) is 4.76. The van der Waals surface area contributed by atoms with Gasteiger partial charge in [0.2, 0.25) is 5.91 Å². The summed E-state index contributed by atoms with van der Waals surface area (Å²) in [5.41, 5.74) is 5.16. The molecule has 1 aliphatic heterocycles. The van der Waals surface area contributed by atoms with Crippen molar-refractivity contribution in [1.29, 1.82) is 0 Å². The SMILES string of the molecule is CCN(NC(=O)[C@@H]1CCCN(C(=O)NC(C)C)C1)c1ccc(C)cc1. The van der Waals surface area contributed by atoms with Crippen LogP contribution in [0.2, 0.25) is 0 Å². The zero-order valence-corrected chi connectivity index (χ0v) is 15.7. The average Bonchev–Trinajstić information content (AvgIpc) is 2.60. The lowest BCUT2D eigenvalue weighted by Crippen LogP contribution is -2.52. The molecule has 6 heteroatoms. The van der Waals surface area contributed by atoms with E-state index in [2.05, 4.69) is 10.7 Å². The van der Waals surface area contributed by atoms with Gasteiger partial charge < -0.3 is 10.2 Å². The third kappa shape index (κ3) is 5.37.